The third kappa shape index (κ3) is 1.43. The molecule has 7 heteroatoms. The lowest BCUT2D eigenvalue weighted by atomic mass is 10.4. The summed E-state index contributed by atoms with van der Waals surface area (Å²) < 4.78 is 28.0. The lowest BCUT2D eigenvalue weighted by Gasteiger charge is -2.19. The molecule has 0 aliphatic carbocycles. The lowest BCUT2D eigenvalue weighted by Crippen LogP contribution is -2.51. The molecule has 1 atom stereocenters. The molecule has 0 heterocycles. The summed E-state index contributed by atoms with van der Waals surface area (Å²) in [7, 11) is -5.01. The molecule has 60 valence electrons. The first-order chi connectivity index (χ1) is 4.19. The Kier molecular flexibility index (Phi) is 2.04. The highest BCUT2D eigenvalue weighted by Crippen LogP contribution is 2.08. The molecule has 0 bridgehead atoms. The summed E-state index contributed by atoms with van der Waals surface area (Å²) in [6.07, 6.45) is 0. The van der Waals surface area contributed by atoms with Crippen molar-refractivity contribution in [1.82, 2.24) is 0 Å². The van der Waals surface area contributed by atoms with Crippen molar-refractivity contribution in [3.63, 3.8) is 0 Å². The van der Waals surface area contributed by atoms with E-state index in [1.807, 2.05) is 0 Å². The number of aliphatic hydroxyl groups is 1. The average Bonchev–Trinajstić information content (AvgIpc) is 1.62. The minimum absolute atomic E-state index is 0.400. The Morgan fingerprint density at radius 1 is 1.60 bits per heavy atom. The van der Waals surface area contributed by atoms with Crippen molar-refractivity contribution in [3.05, 3.63) is 0 Å². The molecule has 0 unspecified atom stereocenters. The van der Waals surface area contributed by atoms with Gasteiger partial charge in [0, 0.05) is 0 Å². The van der Waals surface area contributed by atoms with Crippen LogP contribution < -0.4 is 5.11 Å². The van der Waals surface area contributed by atoms with Crippen LogP contribution in [0.5, 0.6) is 0 Å². The van der Waals surface area contributed by atoms with Crippen LogP contribution in [-0.4, -0.2) is 29.0 Å². The van der Waals surface area contributed by atoms with Gasteiger partial charge in [0.05, 0.1) is 5.97 Å². The summed E-state index contributed by atoms with van der Waals surface area (Å²) in [5, 5.41) is 18.2. The van der Waals surface area contributed by atoms with Crippen molar-refractivity contribution in [2.24, 2.45) is 0 Å². The second-order valence-corrected chi connectivity index (χ2v) is 3.49. The van der Waals surface area contributed by atoms with Crippen LogP contribution in [0, 0.1) is 0 Å². The van der Waals surface area contributed by atoms with Gasteiger partial charge in [-0.15, -0.1) is 0 Å². The van der Waals surface area contributed by atoms with E-state index in [2.05, 4.69) is 0 Å². The van der Waals surface area contributed by atoms with E-state index < -0.39 is 21.0 Å². The summed E-state index contributed by atoms with van der Waals surface area (Å²) in [5.74, 6) is -2.27. The maximum atomic E-state index is 9.98. The first-order valence-corrected chi connectivity index (χ1v) is 3.54. The predicted molar refractivity (Wildman–Crippen MR) is 27.2 cm³/mol. The van der Waals surface area contributed by atoms with Gasteiger partial charge in [-0.2, -0.15) is 8.42 Å². The number of aliphatic carboxylic acids is 1. The fourth-order valence-corrected chi connectivity index (χ4v) is 0.316. The standard InChI is InChI=1S/C3H6O6S/c1-3(6,2(4)5)10(7,8)9/h6H,1H3,(H,4,5)(H,7,8,9)/p-1/t3-/m0/s1. The van der Waals surface area contributed by atoms with Gasteiger partial charge in [0.1, 0.15) is 0 Å². The SMILES string of the molecule is C[C@@](O)(C(=O)[O-])S(=O)(=O)O. The molecule has 0 saturated heterocycles. The second-order valence-electron chi connectivity index (χ2n) is 1.75. The Balaban J connectivity index is 4.95. The third-order valence-electron chi connectivity index (χ3n) is 0.881. The van der Waals surface area contributed by atoms with Gasteiger partial charge < -0.3 is 15.0 Å². The Morgan fingerprint density at radius 2 is 1.90 bits per heavy atom. The maximum Gasteiger partial charge on any atom is 0.300 e. The van der Waals surface area contributed by atoms with E-state index in [-0.39, 0.29) is 0 Å². The van der Waals surface area contributed by atoms with Gasteiger partial charge >= 0.3 is 0 Å². The highest BCUT2D eigenvalue weighted by molar-refractivity contribution is 7.87. The topological polar surface area (TPSA) is 115 Å². The molecule has 0 fully saturated rings. The number of hydrogen-bond acceptors (Lipinski definition) is 5. The Hall–Kier alpha value is -0.660. The van der Waals surface area contributed by atoms with Crippen LogP contribution in [-0.2, 0) is 14.9 Å². The molecular weight excluding hydrogens is 164 g/mol. The highest BCUT2D eigenvalue weighted by Gasteiger charge is 2.36. The van der Waals surface area contributed by atoms with Crippen molar-refractivity contribution >= 4 is 16.1 Å². The molecule has 0 saturated carbocycles. The zero-order chi connectivity index (χ0) is 8.58. The summed E-state index contributed by atoms with van der Waals surface area (Å²) >= 11 is 0. The predicted octanol–water partition coefficient (Wildman–Crippen LogP) is -2.67. The van der Waals surface area contributed by atoms with Crippen LogP contribution in [0.2, 0.25) is 0 Å². The summed E-state index contributed by atoms with van der Waals surface area (Å²) in [5.41, 5.74) is 0. The van der Waals surface area contributed by atoms with Crippen LogP contribution in [0.25, 0.3) is 0 Å². The molecule has 0 radical (unpaired) electrons. The van der Waals surface area contributed by atoms with Crippen molar-refractivity contribution in [3.8, 4) is 0 Å². The molecule has 0 aliphatic heterocycles. The van der Waals surface area contributed by atoms with E-state index in [1.54, 1.807) is 0 Å². The summed E-state index contributed by atoms with van der Waals surface area (Å²) in [6, 6.07) is 0. The number of carboxylic acid groups (broad SMARTS) is 1. The van der Waals surface area contributed by atoms with E-state index in [0.717, 1.165) is 0 Å². The molecule has 10 heavy (non-hydrogen) atoms. The fraction of sp³-hybridized carbons (Fsp3) is 0.667. The molecule has 0 rings (SSSR count). The van der Waals surface area contributed by atoms with Crippen molar-refractivity contribution in [2.75, 3.05) is 0 Å². The number of carbonyl (C=O) groups is 1. The average molecular weight is 169 g/mol. The van der Waals surface area contributed by atoms with Crippen LogP contribution in [0.1, 0.15) is 6.92 Å². The van der Waals surface area contributed by atoms with E-state index in [1.165, 1.54) is 0 Å². The van der Waals surface area contributed by atoms with Crippen molar-refractivity contribution in [1.29, 1.82) is 0 Å². The number of carboxylic acids is 1. The second kappa shape index (κ2) is 2.19. The summed E-state index contributed by atoms with van der Waals surface area (Å²) in [6.45, 7) is 0.400. The molecule has 0 aromatic rings. The van der Waals surface area contributed by atoms with E-state index in [4.69, 9.17) is 9.66 Å². The molecule has 0 amide bonds. The fourth-order valence-electron chi connectivity index (χ4n) is 0.105. The van der Waals surface area contributed by atoms with E-state index >= 15 is 0 Å². The molecule has 2 N–H and O–H groups in total. The van der Waals surface area contributed by atoms with Crippen LogP contribution >= 0.6 is 0 Å². The molecule has 6 nitrogen and oxygen atoms in total. The largest absolute Gasteiger partial charge is 0.546 e. The molecule has 0 aliphatic rings. The monoisotopic (exact) mass is 169 g/mol. The first kappa shape index (κ1) is 9.34. The van der Waals surface area contributed by atoms with Gasteiger partial charge in [-0.3, -0.25) is 4.55 Å². The van der Waals surface area contributed by atoms with Gasteiger partial charge in [-0.05, 0) is 6.92 Å². The van der Waals surface area contributed by atoms with Gasteiger partial charge in [0.25, 0.3) is 10.1 Å². The molecule has 0 spiro atoms. The first-order valence-electron chi connectivity index (χ1n) is 2.10. The van der Waals surface area contributed by atoms with Gasteiger partial charge in [-0.25, -0.2) is 0 Å². The minimum atomic E-state index is -5.01. The third-order valence-corrected chi connectivity index (χ3v) is 2.05. The van der Waals surface area contributed by atoms with Crippen molar-refractivity contribution < 1.29 is 28.0 Å². The molecule has 0 aromatic heterocycles. The molecular formula is C3H5O6S-. The number of hydrogen-bond donors (Lipinski definition) is 2. The van der Waals surface area contributed by atoms with Crippen LogP contribution in [0.3, 0.4) is 0 Å². The lowest BCUT2D eigenvalue weighted by molar-refractivity contribution is -0.317. The highest BCUT2D eigenvalue weighted by atomic mass is 32.2. The Bertz CT molecular complexity index is 236. The zero-order valence-electron chi connectivity index (χ0n) is 4.94. The number of carbonyl (C=O) groups excluding carboxylic acids is 1. The van der Waals surface area contributed by atoms with Gasteiger partial charge in [-0.1, -0.05) is 0 Å². The Morgan fingerprint density at radius 3 is 1.90 bits per heavy atom. The minimum Gasteiger partial charge on any atom is -0.546 e. The van der Waals surface area contributed by atoms with Gasteiger partial charge in [0.2, 0.25) is 4.93 Å². The van der Waals surface area contributed by atoms with Crippen molar-refractivity contribution in [2.45, 2.75) is 11.9 Å². The zero-order valence-corrected chi connectivity index (χ0v) is 5.75. The van der Waals surface area contributed by atoms with Crippen LogP contribution in [0.4, 0.5) is 0 Å². The maximum absolute atomic E-state index is 9.98. The molecule has 0 aromatic carbocycles. The Labute approximate surface area is 56.8 Å². The van der Waals surface area contributed by atoms with E-state index in [0.29, 0.717) is 6.92 Å². The quantitative estimate of drug-likeness (QED) is 0.436. The smallest absolute Gasteiger partial charge is 0.300 e. The van der Waals surface area contributed by atoms with Gasteiger partial charge in [0.15, 0.2) is 0 Å². The normalized spacial score (nSPS) is 17.9. The van der Waals surface area contributed by atoms with Crippen LogP contribution in [0.15, 0.2) is 0 Å². The van der Waals surface area contributed by atoms with E-state index in [9.17, 15) is 18.3 Å². The summed E-state index contributed by atoms with van der Waals surface area (Å²) in [4.78, 5) is 6.54. The number of rotatable bonds is 2.